The molecule has 2 aliphatic rings. The third-order valence-electron chi connectivity index (χ3n) is 7.23. The van der Waals surface area contributed by atoms with Crippen molar-refractivity contribution in [3.8, 4) is 0 Å². The van der Waals surface area contributed by atoms with E-state index in [4.69, 9.17) is 23.7 Å². The van der Waals surface area contributed by atoms with Gasteiger partial charge in [-0.1, -0.05) is 0 Å². The molecule has 2 aliphatic heterocycles. The minimum Gasteiger partial charge on any atom is -0.480 e. The van der Waals surface area contributed by atoms with Crippen LogP contribution in [0.4, 0.5) is 0 Å². The zero-order chi connectivity index (χ0) is 39.0. The van der Waals surface area contributed by atoms with Gasteiger partial charge in [-0.05, 0) is 0 Å². The molecule has 2 unspecified atom stereocenters. The van der Waals surface area contributed by atoms with Crippen LogP contribution in [0.1, 0.15) is 27.7 Å². The second-order valence-electron chi connectivity index (χ2n) is 11.8. The summed E-state index contributed by atoms with van der Waals surface area (Å²) >= 11 is 0. The van der Waals surface area contributed by atoms with E-state index >= 15 is 0 Å². The number of morpholine rings is 1. The van der Waals surface area contributed by atoms with Crippen LogP contribution < -0.4 is 10.6 Å². The van der Waals surface area contributed by atoms with E-state index < -0.39 is 97.5 Å². The van der Waals surface area contributed by atoms with Gasteiger partial charge in [0.05, 0.1) is 32.7 Å². The molecule has 2 fully saturated rings. The maximum Gasteiger partial charge on any atom is 0.327 e. The number of nitrogens with zero attached hydrogens (tertiary/aromatic N) is 3. The first-order valence-electron chi connectivity index (χ1n) is 16.1. The van der Waals surface area contributed by atoms with Crippen LogP contribution in [-0.4, -0.2) is 188 Å². The number of cyclic esters (lactones) is 2. The van der Waals surface area contributed by atoms with Crippen molar-refractivity contribution < 1.29 is 81.8 Å². The average Bonchev–Trinajstić information content (AvgIpc) is 2.99. The molecule has 22 heteroatoms. The van der Waals surface area contributed by atoms with E-state index in [0.29, 0.717) is 0 Å². The van der Waals surface area contributed by atoms with E-state index in [0.717, 1.165) is 27.7 Å². The highest BCUT2D eigenvalue weighted by atomic mass is 16.7. The van der Waals surface area contributed by atoms with Gasteiger partial charge in [-0.2, -0.15) is 0 Å². The normalized spacial score (nSPS) is 21.9. The lowest BCUT2D eigenvalue weighted by atomic mass is 9.97. The Kier molecular flexibility index (Phi) is 18.0. The number of carboxylic acid groups (broad SMARTS) is 2. The lowest BCUT2D eigenvalue weighted by molar-refractivity contribution is -0.294. The number of amides is 1. The van der Waals surface area contributed by atoms with E-state index in [9.17, 15) is 53.4 Å². The van der Waals surface area contributed by atoms with Crippen LogP contribution >= 0.6 is 0 Å². The Morgan fingerprint density at radius 3 is 1.79 bits per heavy atom. The number of hydrogen-bond donors (Lipinski definition) is 4. The van der Waals surface area contributed by atoms with Crippen LogP contribution in [0.25, 0.3) is 0 Å². The summed E-state index contributed by atoms with van der Waals surface area (Å²) in [4.78, 5) is 110. The Balaban J connectivity index is 1.97. The van der Waals surface area contributed by atoms with E-state index in [1.54, 1.807) is 0 Å². The molecule has 2 rings (SSSR count). The topological polar surface area (TPSA) is 283 Å². The molecule has 2 saturated heterocycles. The van der Waals surface area contributed by atoms with Gasteiger partial charge in [0.1, 0.15) is 6.10 Å². The molecule has 292 valence electrons. The smallest absolute Gasteiger partial charge is 0.327 e. The van der Waals surface area contributed by atoms with Crippen LogP contribution in [0.15, 0.2) is 0 Å². The summed E-state index contributed by atoms with van der Waals surface area (Å²) in [6, 6.07) is 0. The van der Waals surface area contributed by atoms with E-state index in [1.165, 1.54) is 14.7 Å². The van der Waals surface area contributed by atoms with Crippen molar-refractivity contribution in [3.63, 3.8) is 0 Å². The first-order valence-corrected chi connectivity index (χ1v) is 16.1. The van der Waals surface area contributed by atoms with Crippen LogP contribution in [-0.2, 0) is 71.6 Å². The monoisotopic (exact) mass is 747 g/mol. The van der Waals surface area contributed by atoms with Crippen LogP contribution in [0.3, 0.4) is 0 Å². The van der Waals surface area contributed by atoms with Crippen molar-refractivity contribution in [2.45, 2.75) is 58.4 Å². The van der Waals surface area contributed by atoms with Gasteiger partial charge in [0.15, 0.2) is 12.2 Å². The quantitative estimate of drug-likeness (QED) is 0.0376. The lowest BCUT2D eigenvalue weighted by Crippen LogP contribution is -2.64. The summed E-state index contributed by atoms with van der Waals surface area (Å²) in [5, 5.41) is 24.3. The SMILES string of the molecule is CC(=O)OC1[C@H](OC(C)=O)OC(CNCCNC(=O)CN(CCN(CCN2CC(=O)OC(=O)C2)CC(=O)O)CC(=O)O)[C@@H](OC(C)=O)[C@@H]1OC(C)=O. The van der Waals surface area contributed by atoms with Crippen molar-refractivity contribution >= 4 is 53.7 Å². The maximum atomic E-state index is 12.7. The predicted octanol–water partition coefficient (Wildman–Crippen LogP) is -4.07. The summed E-state index contributed by atoms with van der Waals surface area (Å²) in [6.07, 6.45) is -6.86. The van der Waals surface area contributed by atoms with Crippen molar-refractivity contribution in [1.29, 1.82) is 0 Å². The first-order chi connectivity index (χ1) is 24.4. The number of esters is 6. The number of carboxylic acids is 2. The highest BCUT2D eigenvalue weighted by molar-refractivity contribution is 5.90. The maximum absolute atomic E-state index is 12.7. The molecule has 0 aromatic carbocycles. The Morgan fingerprint density at radius 1 is 0.712 bits per heavy atom. The van der Waals surface area contributed by atoms with Crippen molar-refractivity contribution in [1.82, 2.24) is 25.3 Å². The third kappa shape index (κ3) is 16.5. The molecular weight excluding hydrogens is 702 g/mol. The number of rotatable bonds is 21. The van der Waals surface area contributed by atoms with Gasteiger partial charge in [-0.15, -0.1) is 0 Å². The Labute approximate surface area is 297 Å². The van der Waals surface area contributed by atoms with Gasteiger partial charge >= 0.3 is 47.8 Å². The fraction of sp³-hybridized carbons (Fsp3) is 0.700. The minimum absolute atomic E-state index is 0.00981. The summed E-state index contributed by atoms with van der Waals surface area (Å²) in [5.74, 6) is -7.61. The molecule has 0 aliphatic carbocycles. The fourth-order valence-electron chi connectivity index (χ4n) is 5.27. The number of carbonyl (C=O) groups is 9. The Morgan fingerprint density at radius 2 is 1.23 bits per heavy atom. The molecule has 0 saturated carbocycles. The molecule has 0 spiro atoms. The molecular formula is C30H45N5O17. The van der Waals surface area contributed by atoms with E-state index in [2.05, 4.69) is 15.4 Å². The number of aliphatic carboxylic acids is 2. The summed E-state index contributed by atoms with van der Waals surface area (Å²) in [5.41, 5.74) is 0. The standard InChI is InChI=1S/C30H45N5O17/c1-17(36)47-27-21(51-30(50-20(4)39)29(49-19(3)38)28(27)48-18(2)37)11-31-5-6-32-22(40)12-34(14-24(43)44)9-7-33(13-23(41)42)8-10-35-15-25(45)52-26(46)16-35/h21,27-31H,5-16H2,1-4H3,(H,32,40)(H,41,42)(H,43,44)/t21?,27-,28+,29?,30-/m1/s1. The molecule has 0 aromatic rings. The molecule has 4 N–H and O–H groups in total. The zero-order valence-electron chi connectivity index (χ0n) is 29.2. The van der Waals surface area contributed by atoms with Crippen molar-refractivity contribution in [2.75, 3.05) is 78.5 Å². The number of carbonyl (C=O) groups excluding carboxylic acids is 7. The van der Waals surface area contributed by atoms with Crippen LogP contribution in [0.5, 0.6) is 0 Å². The fourth-order valence-corrected chi connectivity index (χ4v) is 5.27. The number of hydrogen-bond acceptors (Lipinski definition) is 19. The number of nitrogens with one attached hydrogen (secondary N) is 2. The minimum atomic E-state index is -1.54. The number of ether oxygens (including phenoxy) is 6. The second-order valence-corrected chi connectivity index (χ2v) is 11.8. The molecule has 1 amide bonds. The molecule has 22 nitrogen and oxygen atoms in total. The van der Waals surface area contributed by atoms with Gasteiger partial charge < -0.3 is 49.3 Å². The molecule has 0 bridgehead atoms. The van der Waals surface area contributed by atoms with Gasteiger partial charge in [0.25, 0.3) is 0 Å². The highest BCUT2D eigenvalue weighted by Crippen LogP contribution is 2.29. The molecule has 0 radical (unpaired) electrons. The van der Waals surface area contributed by atoms with E-state index in [1.807, 2.05) is 0 Å². The average molecular weight is 748 g/mol. The molecule has 2 heterocycles. The van der Waals surface area contributed by atoms with Gasteiger partial charge in [-0.3, -0.25) is 57.9 Å². The molecule has 5 atom stereocenters. The first kappa shape index (κ1) is 43.4. The summed E-state index contributed by atoms with van der Waals surface area (Å²) in [6.45, 7) is 3.06. The summed E-state index contributed by atoms with van der Waals surface area (Å²) in [7, 11) is 0. The Hall–Kier alpha value is -4.77. The highest BCUT2D eigenvalue weighted by Gasteiger charge is 2.53. The van der Waals surface area contributed by atoms with Gasteiger partial charge in [0, 0.05) is 73.5 Å². The van der Waals surface area contributed by atoms with Gasteiger partial charge in [0.2, 0.25) is 18.3 Å². The third-order valence-corrected chi connectivity index (χ3v) is 7.23. The molecule has 0 aromatic heterocycles. The van der Waals surface area contributed by atoms with Gasteiger partial charge in [-0.25, -0.2) is 0 Å². The zero-order valence-corrected chi connectivity index (χ0v) is 29.2. The Bertz CT molecular complexity index is 1310. The molecule has 52 heavy (non-hydrogen) atoms. The second kappa shape index (κ2) is 21.6. The largest absolute Gasteiger partial charge is 0.480 e. The van der Waals surface area contributed by atoms with E-state index in [-0.39, 0.29) is 65.4 Å². The van der Waals surface area contributed by atoms with Crippen molar-refractivity contribution in [2.24, 2.45) is 0 Å². The summed E-state index contributed by atoms with van der Waals surface area (Å²) < 4.78 is 31.3. The lowest BCUT2D eigenvalue weighted by Gasteiger charge is -2.43. The van der Waals surface area contributed by atoms with Crippen LogP contribution in [0, 0.1) is 0 Å². The predicted molar refractivity (Wildman–Crippen MR) is 169 cm³/mol. The van der Waals surface area contributed by atoms with Crippen LogP contribution in [0.2, 0.25) is 0 Å². The van der Waals surface area contributed by atoms with Crippen molar-refractivity contribution in [3.05, 3.63) is 0 Å².